The molecule has 0 aliphatic rings. The van der Waals surface area contributed by atoms with E-state index in [9.17, 15) is 9.90 Å². The molecule has 6 heteroatoms. The van der Waals surface area contributed by atoms with Crippen LogP contribution in [0.3, 0.4) is 0 Å². The summed E-state index contributed by atoms with van der Waals surface area (Å²) in [5.74, 6) is -1.75. The minimum Gasteiger partial charge on any atom is -0.460 e. The van der Waals surface area contributed by atoms with Crippen LogP contribution in [-0.4, -0.2) is 21.7 Å². The molecular formula is C15H20N2O4. The van der Waals surface area contributed by atoms with E-state index in [4.69, 9.17) is 14.9 Å². The van der Waals surface area contributed by atoms with Crippen LogP contribution in [0.1, 0.15) is 33.6 Å². The Morgan fingerprint density at radius 3 is 2.57 bits per heavy atom. The molecule has 2 atom stereocenters. The van der Waals surface area contributed by atoms with Gasteiger partial charge in [0, 0.05) is 0 Å². The number of hydrogen-bond donors (Lipinski definition) is 2. The van der Waals surface area contributed by atoms with Gasteiger partial charge >= 0.3 is 5.97 Å². The molecule has 0 spiro atoms. The van der Waals surface area contributed by atoms with Gasteiger partial charge in [-0.05, 0) is 39.8 Å². The van der Waals surface area contributed by atoms with Crippen molar-refractivity contribution in [1.82, 2.24) is 4.98 Å². The summed E-state index contributed by atoms with van der Waals surface area (Å²) in [5, 5.41) is 10.4. The van der Waals surface area contributed by atoms with Gasteiger partial charge in [0.25, 0.3) is 0 Å². The number of aliphatic hydroxyl groups is 1. The molecule has 114 valence electrons. The molecule has 3 N–H and O–H groups in total. The molecule has 2 aromatic rings. The van der Waals surface area contributed by atoms with Crippen LogP contribution in [0.5, 0.6) is 0 Å². The molecule has 0 bridgehead atoms. The lowest BCUT2D eigenvalue weighted by Crippen LogP contribution is -2.48. The number of fused-ring (bicyclic) bond motifs is 1. The Balaban J connectivity index is 2.29. The third-order valence-corrected chi connectivity index (χ3v) is 3.06. The molecule has 0 radical (unpaired) electrons. The molecule has 0 fully saturated rings. The van der Waals surface area contributed by atoms with Crippen molar-refractivity contribution in [3.8, 4) is 0 Å². The van der Waals surface area contributed by atoms with Gasteiger partial charge in [0.2, 0.25) is 11.6 Å². The average molecular weight is 292 g/mol. The van der Waals surface area contributed by atoms with Crippen molar-refractivity contribution in [2.75, 3.05) is 0 Å². The standard InChI is InChI=1S/C15H20N2O4/c1-9(12(18)21-14(2,3)4)15(16,19)13-17-10-7-5-6-8-11(10)20-13/h5-9,19H,16H2,1-4H3/t9?,15-/m0/s1. The van der Waals surface area contributed by atoms with Crippen LogP contribution >= 0.6 is 0 Å². The van der Waals surface area contributed by atoms with Gasteiger partial charge in [0.15, 0.2) is 5.58 Å². The van der Waals surface area contributed by atoms with Gasteiger partial charge in [0.1, 0.15) is 17.0 Å². The summed E-state index contributed by atoms with van der Waals surface area (Å²) in [7, 11) is 0. The first-order chi connectivity index (χ1) is 9.61. The van der Waals surface area contributed by atoms with Crippen LogP contribution in [0, 0.1) is 5.92 Å². The van der Waals surface area contributed by atoms with Crippen LogP contribution in [0.2, 0.25) is 0 Å². The molecule has 0 aliphatic heterocycles. The zero-order valence-corrected chi connectivity index (χ0v) is 12.6. The fourth-order valence-electron chi connectivity index (χ4n) is 1.80. The van der Waals surface area contributed by atoms with Gasteiger partial charge in [-0.3, -0.25) is 10.5 Å². The second kappa shape index (κ2) is 5.13. The highest BCUT2D eigenvalue weighted by atomic mass is 16.6. The van der Waals surface area contributed by atoms with Crippen LogP contribution in [-0.2, 0) is 15.3 Å². The van der Waals surface area contributed by atoms with Crippen LogP contribution < -0.4 is 5.73 Å². The Morgan fingerprint density at radius 2 is 2.00 bits per heavy atom. The van der Waals surface area contributed by atoms with Gasteiger partial charge in [-0.15, -0.1) is 0 Å². The number of nitrogens with zero attached hydrogens (tertiary/aromatic N) is 1. The number of oxazole rings is 1. The number of benzene rings is 1. The summed E-state index contributed by atoms with van der Waals surface area (Å²) >= 11 is 0. The third kappa shape index (κ3) is 3.22. The highest BCUT2D eigenvalue weighted by molar-refractivity contribution is 5.75. The molecule has 21 heavy (non-hydrogen) atoms. The van der Waals surface area contributed by atoms with E-state index in [1.807, 2.05) is 0 Å². The summed E-state index contributed by atoms with van der Waals surface area (Å²) in [6.07, 6.45) is 0. The van der Waals surface area contributed by atoms with E-state index < -0.39 is 23.2 Å². The second-order valence-corrected chi connectivity index (χ2v) is 6.07. The van der Waals surface area contributed by atoms with Crippen molar-refractivity contribution in [1.29, 1.82) is 0 Å². The number of carbonyl (C=O) groups excluding carboxylic acids is 1. The lowest BCUT2D eigenvalue weighted by atomic mass is 9.98. The van der Waals surface area contributed by atoms with Crippen molar-refractivity contribution in [3.63, 3.8) is 0 Å². The third-order valence-electron chi connectivity index (χ3n) is 3.06. The lowest BCUT2D eigenvalue weighted by Gasteiger charge is -2.28. The molecule has 0 saturated carbocycles. The number of para-hydroxylation sites is 2. The highest BCUT2D eigenvalue weighted by Crippen LogP contribution is 2.28. The highest BCUT2D eigenvalue weighted by Gasteiger charge is 2.42. The molecule has 6 nitrogen and oxygen atoms in total. The monoisotopic (exact) mass is 292 g/mol. The Morgan fingerprint density at radius 1 is 1.38 bits per heavy atom. The molecule has 0 amide bonds. The first kappa shape index (κ1) is 15.5. The maximum absolute atomic E-state index is 12.1. The van der Waals surface area contributed by atoms with Crippen LogP contribution in [0.25, 0.3) is 11.1 Å². The van der Waals surface area contributed by atoms with Crippen molar-refractivity contribution >= 4 is 17.1 Å². The van der Waals surface area contributed by atoms with Crippen LogP contribution in [0.4, 0.5) is 0 Å². The van der Waals surface area contributed by atoms with Crippen molar-refractivity contribution in [3.05, 3.63) is 30.2 Å². The normalized spacial score (nSPS) is 16.5. The minimum atomic E-state index is -2.04. The smallest absolute Gasteiger partial charge is 0.314 e. The fourth-order valence-corrected chi connectivity index (χ4v) is 1.80. The summed E-state index contributed by atoms with van der Waals surface area (Å²) in [4.78, 5) is 16.2. The van der Waals surface area contributed by atoms with E-state index >= 15 is 0 Å². The molecule has 1 heterocycles. The number of esters is 1. The van der Waals surface area contributed by atoms with E-state index in [1.54, 1.807) is 45.0 Å². The summed E-state index contributed by atoms with van der Waals surface area (Å²) in [6, 6.07) is 7.02. The second-order valence-electron chi connectivity index (χ2n) is 6.07. The molecular weight excluding hydrogens is 272 g/mol. The van der Waals surface area contributed by atoms with Crippen molar-refractivity contribution in [2.24, 2.45) is 11.7 Å². The van der Waals surface area contributed by atoms with Crippen LogP contribution in [0.15, 0.2) is 28.7 Å². The number of nitrogens with two attached hydrogens (primary N) is 1. The molecule has 0 saturated heterocycles. The Bertz CT molecular complexity index is 622. The fraction of sp³-hybridized carbons (Fsp3) is 0.467. The SMILES string of the molecule is CC(C(=O)OC(C)(C)C)[C@](N)(O)c1nc2ccccc2o1. The number of rotatable bonds is 3. The summed E-state index contributed by atoms with van der Waals surface area (Å²) < 4.78 is 10.7. The summed E-state index contributed by atoms with van der Waals surface area (Å²) in [6.45, 7) is 6.70. The summed E-state index contributed by atoms with van der Waals surface area (Å²) in [5.41, 5.74) is 4.22. The molecule has 2 rings (SSSR count). The van der Waals surface area contributed by atoms with Crippen molar-refractivity contribution in [2.45, 2.75) is 39.0 Å². The van der Waals surface area contributed by atoms with E-state index in [-0.39, 0.29) is 5.89 Å². The lowest BCUT2D eigenvalue weighted by molar-refractivity contribution is -0.171. The Labute approximate surface area is 122 Å². The predicted octanol–water partition coefficient (Wildman–Crippen LogP) is 1.91. The van der Waals surface area contributed by atoms with Crippen molar-refractivity contribution < 1.29 is 19.1 Å². The predicted molar refractivity (Wildman–Crippen MR) is 77.1 cm³/mol. The number of aromatic nitrogens is 1. The molecule has 1 unspecified atom stereocenters. The molecule has 1 aromatic carbocycles. The number of ether oxygens (including phenoxy) is 1. The Hall–Kier alpha value is -1.92. The first-order valence-electron chi connectivity index (χ1n) is 6.71. The zero-order chi connectivity index (χ0) is 15.8. The van der Waals surface area contributed by atoms with E-state index in [1.165, 1.54) is 6.92 Å². The number of carbonyl (C=O) groups is 1. The first-order valence-corrected chi connectivity index (χ1v) is 6.71. The Kier molecular flexibility index (Phi) is 3.78. The topological polar surface area (TPSA) is 98.6 Å². The van der Waals surface area contributed by atoms with E-state index in [0.717, 1.165) is 0 Å². The van der Waals surface area contributed by atoms with Gasteiger partial charge in [0.05, 0.1) is 0 Å². The maximum Gasteiger partial charge on any atom is 0.314 e. The average Bonchev–Trinajstić information content (AvgIpc) is 2.80. The van der Waals surface area contributed by atoms with Gasteiger partial charge in [-0.2, -0.15) is 0 Å². The maximum atomic E-state index is 12.1. The van der Waals surface area contributed by atoms with E-state index in [0.29, 0.717) is 11.1 Å². The molecule has 0 aliphatic carbocycles. The largest absolute Gasteiger partial charge is 0.460 e. The molecule has 1 aromatic heterocycles. The quantitative estimate of drug-likeness (QED) is 0.662. The van der Waals surface area contributed by atoms with Gasteiger partial charge < -0.3 is 14.3 Å². The number of hydrogen-bond acceptors (Lipinski definition) is 6. The minimum absolute atomic E-state index is 0.109. The zero-order valence-electron chi connectivity index (χ0n) is 12.6. The van der Waals surface area contributed by atoms with Gasteiger partial charge in [-0.25, -0.2) is 4.98 Å². The van der Waals surface area contributed by atoms with Gasteiger partial charge in [-0.1, -0.05) is 12.1 Å². The van der Waals surface area contributed by atoms with E-state index in [2.05, 4.69) is 4.98 Å².